The Balaban J connectivity index is 1.65. The zero-order chi connectivity index (χ0) is 34.2. The highest BCUT2D eigenvalue weighted by Gasteiger charge is 2.33. The summed E-state index contributed by atoms with van der Waals surface area (Å²) in [5.74, 6) is -1.09. The van der Waals surface area contributed by atoms with E-state index in [1.165, 1.54) is 18.2 Å². The van der Waals surface area contributed by atoms with Crippen molar-refractivity contribution in [2.45, 2.75) is 58.9 Å². The Hall–Kier alpha value is -4.81. The summed E-state index contributed by atoms with van der Waals surface area (Å²) in [6, 6.07) is 15.4. The van der Waals surface area contributed by atoms with E-state index in [4.69, 9.17) is 18.5 Å². The second kappa shape index (κ2) is 19.0. The van der Waals surface area contributed by atoms with Crippen LogP contribution >= 0.6 is 8.25 Å². The van der Waals surface area contributed by atoms with Crippen molar-refractivity contribution >= 4 is 38.3 Å². The Labute approximate surface area is 273 Å². The van der Waals surface area contributed by atoms with Crippen LogP contribution in [0.5, 0.6) is 11.5 Å². The van der Waals surface area contributed by atoms with Gasteiger partial charge in [-0.05, 0) is 56.2 Å². The maximum atomic E-state index is 13.4. The minimum absolute atomic E-state index is 0.0508. The second-order valence-electron chi connectivity index (χ2n) is 10.3. The fourth-order valence-electron chi connectivity index (χ4n) is 4.85. The molecule has 4 amide bonds. The first kappa shape index (κ1) is 36.7. The maximum Gasteiger partial charge on any atom is 0.436 e. The first-order valence-electron chi connectivity index (χ1n) is 15.3. The van der Waals surface area contributed by atoms with Crippen LogP contribution in [0.4, 0.5) is 10.5 Å². The molecule has 0 fully saturated rings. The highest BCUT2D eigenvalue weighted by Crippen LogP contribution is 2.34. The third-order valence-corrected chi connectivity index (χ3v) is 7.41. The van der Waals surface area contributed by atoms with E-state index in [1.807, 2.05) is 6.92 Å². The number of hydrogen-bond donors (Lipinski definition) is 4. The summed E-state index contributed by atoms with van der Waals surface area (Å²) in [5.41, 5.74) is 0.924. The molecule has 0 radical (unpaired) electrons. The summed E-state index contributed by atoms with van der Waals surface area (Å²) in [4.78, 5) is 65.2. The standard InChI is InChI=1S/C32H41N4O10P/c1-4-7-9-14-26(27(5-2)36(21-37)45-32(40)35-23-12-10-8-11-13-23)30(38)33-20-34-31(39)29-16-15-28(44-29)22-17-24(43-6-3)19-25(18-22)46-47(41)42/h8,10-13,15-19,21,26-27,47H,4-7,9,14,20H2,1-3H3,(H,33,38)(H,34,39)(H,35,40)(H,41,42). The van der Waals surface area contributed by atoms with Gasteiger partial charge in [0.15, 0.2) is 5.76 Å². The minimum Gasteiger partial charge on any atom is -0.494 e. The summed E-state index contributed by atoms with van der Waals surface area (Å²) in [7, 11) is -3.26. The zero-order valence-electron chi connectivity index (χ0n) is 26.5. The number of carbonyl (C=O) groups excluding carboxylic acids is 4. The monoisotopic (exact) mass is 672 g/mol. The maximum absolute atomic E-state index is 13.4. The van der Waals surface area contributed by atoms with Crippen LogP contribution < -0.4 is 25.2 Å². The molecule has 47 heavy (non-hydrogen) atoms. The van der Waals surface area contributed by atoms with Gasteiger partial charge in [0.2, 0.25) is 12.3 Å². The number of hydrogen-bond acceptors (Lipinski definition) is 9. The third kappa shape index (κ3) is 11.5. The third-order valence-electron chi connectivity index (χ3n) is 7.00. The highest BCUT2D eigenvalue weighted by atomic mass is 31.1. The molecule has 3 aromatic rings. The number of amides is 4. The Kier molecular flexibility index (Phi) is 14.8. The molecule has 3 unspecified atom stereocenters. The summed E-state index contributed by atoms with van der Waals surface area (Å²) in [6.07, 6.45) is 2.69. The number of unbranched alkanes of at least 4 members (excludes halogenated alkanes) is 2. The molecule has 0 saturated heterocycles. The molecule has 0 aliphatic rings. The summed E-state index contributed by atoms with van der Waals surface area (Å²) in [5, 5.41) is 8.67. The summed E-state index contributed by atoms with van der Waals surface area (Å²) < 4.78 is 27.4. The van der Waals surface area contributed by atoms with Crippen molar-refractivity contribution in [3.8, 4) is 22.8 Å². The molecule has 0 aliphatic heterocycles. The predicted molar refractivity (Wildman–Crippen MR) is 174 cm³/mol. The number of nitrogens with zero attached hydrogens (tertiary/aromatic N) is 1. The molecule has 0 aliphatic carbocycles. The SMILES string of the molecule is CCCCCC(C(=O)NCNC(=O)c1ccc(-c2cc(OCC)cc(O[PH](=O)O)c2)o1)C(CC)N(C=O)OC(=O)Nc1ccccc1. The van der Waals surface area contributed by atoms with E-state index in [0.717, 1.165) is 17.9 Å². The van der Waals surface area contributed by atoms with Gasteiger partial charge in [-0.2, -0.15) is 5.06 Å². The van der Waals surface area contributed by atoms with Crippen molar-refractivity contribution in [1.29, 1.82) is 0 Å². The highest BCUT2D eigenvalue weighted by molar-refractivity contribution is 7.32. The molecule has 0 spiro atoms. The molecular weight excluding hydrogens is 631 g/mol. The van der Waals surface area contributed by atoms with Crippen molar-refractivity contribution in [3.63, 3.8) is 0 Å². The van der Waals surface area contributed by atoms with Gasteiger partial charge in [-0.1, -0.05) is 51.3 Å². The van der Waals surface area contributed by atoms with E-state index in [1.54, 1.807) is 56.3 Å². The number of carbonyl (C=O) groups is 4. The molecule has 3 atom stereocenters. The molecule has 0 bridgehead atoms. The number of ether oxygens (including phenoxy) is 1. The first-order valence-corrected chi connectivity index (χ1v) is 16.6. The number of furan rings is 1. The molecule has 254 valence electrons. The van der Waals surface area contributed by atoms with Crippen LogP contribution in [0.25, 0.3) is 11.3 Å². The smallest absolute Gasteiger partial charge is 0.436 e. The van der Waals surface area contributed by atoms with E-state index >= 15 is 0 Å². The van der Waals surface area contributed by atoms with Crippen LogP contribution in [0, 0.1) is 5.92 Å². The molecule has 1 aromatic heterocycles. The van der Waals surface area contributed by atoms with Gasteiger partial charge in [-0.25, -0.2) is 9.36 Å². The lowest BCUT2D eigenvalue weighted by Gasteiger charge is -2.31. The number of nitrogens with one attached hydrogen (secondary N) is 3. The van der Waals surface area contributed by atoms with Gasteiger partial charge in [0.1, 0.15) is 17.3 Å². The second-order valence-corrected chi connectivity index (χ2v) is 11.0. The lowest BCUT2D eigenvalue weighted by atomic mass is 9.90. The van der Waals surface area contributed by atoms with Crippen LogP contribution in [-0.2, 0) is 19.0 Å². The van der Waals surface area contributed by atoms with E-state index in [-0.39, 0.29) is 23.9 Å². The molecule has 15 heteroatoms. The molecule has 14 nitrogen and oxygen atoms in total. The summed E-state index contributed by atoms with van der Waals surface area (Å²) >= 11 is 0. The predicted octanol–water partition coefficient (Wildman–Crippen LogP) is 5.51. The van der Waals surface area contributed by atoms with Crippen molar-refractivity contribution in [2.75, 3.05) is 18.6 Å². The average Bonchev–Trinajstić information content (AvgIpc) is 3.55. The Morgan fingerprint density at radius 1 is 1.00 bits per heavy atom. The van der Waals surface area contributed by atoms with Crippen molar-refractivity contribution < 1.29 is 47.2 Å². The molecule has 4 N–H and O–H groups in total. The van der Waals surface area contributed by atoms with E-state index < -0.39 is 38.1 Å². The lowest BCUT2D eigenvalue weighted by molar-refractivity contribution is -0.167. The van der Waals surface area contributed by atoms with Crippen LogP contribution in [-0.4, -0.2) is 53.6 Å². The molecule has 3 rings (SSSR count). The van der Waals surface area contributed by atoms with Crippen LogP contribution in [0.2, 0.25) is 0 Å². The average molecular weight is 673 g/mol. The van der Waals surface area contributed by atoms with Gasteiger partial charge < -0.3 is 34.0 Å². The van der Waals surface area contributed by atoms with Gasteiger partial charge in [0.05, 0.1) is 25.2 Å². The quantitative estimate of drug-likeness (QED) is 0.0416. The van der Waals surface area contributed by atoms with Gasteiger partial charge in [-0.15, -0.1) is 0 Å². The van der Waals surface area contributed by atoms with Gasteiger partial charge >= 0.3 is 14.3 Å². The van der Waals surface area contributed by atoms with Crippen LogP contribution in [0.1, 0.15) is 63.4 Å². The fraction of sp³-hybridized carbons (Fsp3) is 0.375. The molecule has 1 heterocycles. The largest absolute Gasteiger partial charge is 0.494 e. The van der Waals surface area contributed by atoms with E-state index in [2.05, 4.69) is 16.0 Å². The number of anilines is 1. The lowest BCUT2D eigenvalue weighted by Crippen LogP contribution is -2.49. The molecule has 0 saturated carbocycles. The Bertz CT molecular complexity index is 1500. The first-order chi connectivity index (χ1) is 22.7. The van der Waals surface area contributed by atoms with E-state index in [0.29, 0.717) is 49.3 Å². The van der Waals surface area contributed by atoms with Gasteiger partial charge in [0, 0.05) is 17.3 Å². The Morgan fingerprint density at radius 2 is 1.74 bits per heavy atom. The number of hydroxylamine groups is 2. The Morgan fingerprint density at radius 3 is 2.40 bits per heavy atom. The van der Waals surface area contributed by atoms with E-state index in [9.17, 15) is 28.6 Å². The van der Waals surface area contributed by atoms with Crippen LogP contribution in [0.15, 0.2) is 65.1 Å². The van der Waals surface area contributed by atoms with Gasteiger partial charge in [-0.3, -0.25) is 19.7 Å². The van der Waals surface area contributed by atoms with Crippen molar-refractivity contribution in [2.24, 2.45) is 5.92 Å². The minimum atomic E-state index is -3.26. The van der Waals surface area contributed by atoms with Crippen LogP contribution in [0.3, 0.4) is 0 Å². The normalized spacial score (nSPS) is 12.6. The van der Waals surface area contributed by atoms with Crippen molar-refractivity contribution in [3.05, 3.63) is 66.4 Å². The van der Waals surface area contributed by atoms with Gasteiger partial charge in [0.25, 0.3) is 5.91 Å². The number of benzene rings is 2. The zero-order valence-corrected chi connectivity index (χ0v) is 27.5. The molecular formula is C32H41N4O10P. The topological polar surface area (TPSA) is 186 Å². The van der Waals surface area contributed by atoms with Crippen molar-refractivity contribution in [1.82, 2.24) is 15.7 Å². The molecule has 2 aromatic carbocycles. The number of para-hydroxylation sites is 1. The number of rotatable bonds is 19. The fourth-order valence-corrected chi connectivity index (χ4v) is 5.17. The summed E-state index contributed by atoms with van der Waals surface area (Å²) in [6.45, 7) is 5.69.